The maximum absolute atomic E-state index is 12.8. The quantitative estimate of drug-likeness (QED) is 0.144. The number of aromatic nitrogens is 1. The topological polar surface area (TPSA) is 176 Å². The molecule has 2 aromatic rings. The molecular formula is C22H30N4O10. The summed E-state index contributed by atoms with van der Waals surface area (Å²) in [5, 5.41) is 19.5. The lowest BCUT2D eigenvalue weighted by Crippen LogP contribution is -2.45. The summed E-state index contributed by atoms with van der Waals surface area (Å²) in [4.78, 5) is 58.8. The number of aromatic amines is 1. The zero-order valence-corrected chi connectivity index (χ0v) is 20.1. The van der Waals surface area contributed by atoms with Gasteiger partial charge in [-0.25, -0.2) is 0 Å². The number of esters is 1. The number of hydrogen-bond acceptors (Lipinski definition) is 10. The van der Waals surface area contributed by atoms with E-state index in [0.717, 1.165) is 10.9 Å². The van der Waals surface area contributed by atoms with Crippen LogP contribution in [-0.2, 0) is 24.0 Å². The van der Waals surface area contributed by atoms with Gasteiger partial charge in [0.25, 0.3) is 10.2 Å². The van der Waals surface area contributed by atoms with Crippen molar-refractivity contribution >= 4 is 22.8 Å². The summed E-state index contributed by atoms with van der Waals surface area (Å²) in [6.07, 6.45) is 1.04. The Labute approximate surface area is 206 Å². The van der Waals surface area contributed by atoms with Crippen LogP contribution in [0.25, 0.3) is 10.9 Å². The minimum Gasteiger partial charge on any atom is -0.489 e. The van der Waals surface area contributed by atoms with Gasteiger partial charge in [0, 0.05) is 36.0 Å². The van der Waals surface area contributed by atoms with Crippen LogP contribution >= 0.6 is 0 Å². The Hall–Kier alpha value is -4.10. The van der Waals surface area contributed by atoms with Crippen molar-refractivity contribution < 1.29 is 38.9 Å². The molecule has 1 N–H and O–H groups in total. The fourth-order valence-electron chi connectivity index (χ4n) is 3.42. The number of rotatable bonds is 17. The summed E-state index contributed by atoms with van der Waals surface area (Å²) in [5.41, 5.74) is 0.864. The molecule has 0 saturated heterocycles. The predicted molar refractivity (Wildman–Crippen MR) is 125 cm³/mol. The van der Waals surface area contributed by atoms with Crippen molar-refractivity contribution in [1.29, 1.82) is 0 Å². The molecule has 2 rings (SSSR count). The average Bonchev–Trinajstić information content (AvgIpc) is 3.30. The van der Waals surface area contributed by atoms with Crippen LogP contribution in [-0.4, -0.2) is 70.4 Å². The van der Waals surface area contributed by atoms with E-state index >= 15 is 0 Å². The van der Waals surface area contributed by atoms with Gasteiger partial charge >= 0.3 is 5.97 Å². The lowest BCUT2D eigenvalue weighted by atomic mass is 10.2. The van der Waals surface area contributed by atoms with Crippen LogP contribution in [0.5, 0.6) is 5.75 Å². The summed E-state index contributed by atoms with van der Waals surface area (Å²) >= 11 is 0. The maximum Gasteiger partial charge on any atom is 0.306 e. The normalized spacial score (nSPS) is 11.6. The molecule has 0 aliphatic rings. The van der Waals surface area contributed by atoms with Gasteiger partial charge in [-0.2, -0.15) is 0 Å². The number of fused-ring (bicyclic) bond motifs is 1. The lowest BCUT2D eigenvalue weighted by molar-refractivity contribution is -0.757. The first kappa shape index (κ1) is 28.1. The van der Waals surface area contributed by atoms with Crippen molar-refractivity contribution in [2.75, 3.05) is 26.4 Å². The summed E-state index contributed by atoms with van der Waals surface area (Å²) in [5.74, 6) is -0.343. The monoisotopic (exact) mass is 510 g/mol. The number of H-pyrrole nitrogens is 1. The third kappa shape index (κ3) is 9.64. The second kappa shape index (κ2) is 14.3. The second-order valence-corrected chi connectivity index (χ2v) is 8.08. The number of nitrogens with one attached hydrogen (secondary N) is 1. The highest BCUT2D eigenvalue weighted by atomic mass is 17.0. The van der Waals surface area contributed by atoms with Crippen LogP contribution in [0.3, 0.4) is 0 Å². The largest absolute Gasteiger partial charge is 0.489 e. The van der Waals surface area contributed by atoms with Crippen molar-refractivity contribution in [3.63, 3.8) is 0 Å². The molecule has 0 spiro atoms. The first-order valence-electron chi connectivity index (χ1n) is 11.4. The molecule has 14 heteroatoms. The van der Waals surface area contributed by atoms with Crippen LogP contribution in [0.1, 0.15) is 39.5 Å². The van der Waals surface area contributed by atoms with Crippen molar-refractivity contribution in [3.05, 3.63) is 50.7 Å². The third-order valence-corrected chi connectivity index (χ3v) is 5.08. The minimum atomic E-state index is -0.938. The molecule has 0 aliphatic carbocycles. The highest BCUT2D eigenvalue weighted by molar-refractivity contribution is 5.85. The van der Waals surface area contributed by atoms with Gasteiger partial charge in [0.1, 0.15) is 12.4 Å². The van der Waals surface area contributed by atoms with E-state index in [1.165, 1.54) is 4.90 Å². The molecule has 1 aromatic carbocycles. The Balaban J connectivity index is 2.05. The number of carbonyl (C=O) groups is 2. The molecule has 1 unspecified atom stereocenters. The first-order chi connectivity index (χ1) is 17.2. The smallest absolute Gasteiger partial charge is 0.306 e. The van der Waals surface area contributed by atoms with Gasteiger partial charge in [0.2, 0.25) is 5.91 Å². The Morgan fingerprint density at radius 1 is 1.03 bits per heavy atom. The molecular weight excluding hydrogens is 480 g/mol. The molecule has 0 saturated carbocycles. The summed E-state index contributed by atoms with van der Waals surface area (Å²) in [7, 11) is 0. The van der Waals surface area contributed by atoms with E-state index < -0.39 is 22.2 Å². The fraction of sp³-hybridized carbons (Fsp3) is 0.545. The van der Waals surface area contributed by atoms with Crippen LogP contribution in [0.4, 0.5) is 0 Å². The predicted octanol–water partition coefficient (Wildman–Crippen LogP) is 2.67. The number of hydrogen-bond donors (Lipinski definition) is 1. The van der Waals surface area contributed by atoms with Crippen molar-refractivity contribution in [3.8, 4) is 5.75 Å². The summed E-state index contributed by atoms with van der Waals surface area (Å²) < 4.78 is 11.5. The van der Waals surface area contributed by atoms with Gasteiger partial charge in [-0.05, 0) is 44.9 Å². The van der Waals surface area contributed by atoms with E-state index in [-0.39, 0.29) is 64.0 Å². The van der Waals surface area contributed by atoms with Gasteiger partial charge in [-0.3, -0.25) is 9.59 Å². The molecule has 1 amide bonds. The molecule has 1 aromatic heterocycles. The minimum absolute atomic E-state index is 0.00836. The summed E-state index contributed by atoms with van der Waals surface area (Å²) in [6.45, 7) is 3.09. The van der Waals surface area contributed by atoms with E-state index in [1.807, 2.05) is 12.1 Å². The molecule has 198 valence electrons. The van der Waals surface area contributed by atoms with Crippen LogP contribution in [0.2, 0.25) is 0 Å². The SMILES string of the molecule is CC(C)N(CC(COc1cccc2[nH]ccc12)OC(=O)CCCO[N+](=O)[O-])C(=O)CCCO[N+](=O)[O-]. The molecule has 0 bridgehead atoms. The number of benzene rings is 1. The lowest BCUT2D eigenvalue weighted by Gasteiger charge is -2.31. The highest BCUT2D eigenvalue weighted by Crippen LogP contribution is 2.25. The molecule has 0 aliphatic heterocycles. The number of ether oxygens (including phenoxy) is 2. The molecule has 0 fully saturated rings. The average molecular weight is 511 g/mol. The number of carbonyl (C=O) groups excluding carboxylic acids is 2. The number of amides is 1. The first-order valence-corrected chi connectivity index (χ1v) is 11.4. The zero-order valence-electron chi connectivity index (χ0n) is 20.1. The summed E-state index contributed by atoms with van der Waals surface area (Å²) in [6, 6.07) is 7.05. The Kier molecular flexibility index (Phi) is 11.2. The molecule has 36 heavy (non-hydrogen) atoms. The van der Waals surface area contributed by atoms with E-state index in [0.29, 0.717) is 5.75 Å². The van der Waals surface area contributed by atoms with E-state index in [9.17, 15) is 29.8 Å². The van der Waals surface area contributed by atoms with Gasteiger partial charge in [0.05, 0.1) is 19.8 Å². The van der Waals surface area contributed by atoms with Crippen LogP contribution < -0.4 is 4.74 Å². The van der Waals surface area contributed by atoms with Gasteiger partial charge in [-0.15, -0.1) is 20.2 Å². The fourth-order valence-corrected chi connectivity index (χ4v) is 3.42. The molecule has 1 atom stereocenters. The number of nitrogens with zero attached hydrogens (tertiary/aromatic N) is 3. The Bertz CT molecular complexity index is 1030. The molecule has 14 nitrogen and oxygen atoms in total. The van der Waals surface area contributed by atoms with Crippen molar-refractivity contribution in [2.24, 2.45) is 0 Å². The standard InChI is InChI=1S/C22H30N4O10/c1-16(2)24(21(27)8-4-12-34-25(29)30)14-17(36-22(28)9-5-13-35-26(31)32)15-33-20-7-3-6-19-18(20)10-11-23-19/h3,6-7,10-11,16-17,23H,4-5,8-9,12-15H2,1-2H3. The van der Waals surface area contributed by atoms with Crippen LogP contribution in [0.15, 0.2) is 30.5 Å². The molecule has 0 radical (unpaired) electrons. The van der Waals surface area contributed by atoms with Gasteiger partial charge < -0.3 is 29.0 Å². The van der Waals surface area contributed by atoms with Gasteiger partial charge in [0.15, 0.2) is 6.10 Å². The van der Waals surface area contributed by atoms with E-state index in [1.54, 1.807) is 32.2 Å². The zero-order chi connectivity index (χ0) is 26.5. The van der Waals surface area contributed by atoms with Gasteiger partial charge in [-0.1, -0.05) is 6.07 Å². The van der Waals surface area contributed by atoms with Crippen molar-refractivity contribution in [1.82, 2.24) is 9.88 Å². The van der Waals surface area contributed by atoms with Crippen molar-refractivity contribution in [2.45, 2.75) is 51.7 Å². The highest BCUT2D eigenvalue weighted by Gasteiger charge is 2.25. The molecule has 1 heterocycles. The van der Waals surface area contributed by atoms with E-state index in [2.05, 4.69) is 14.7 Å². The van der Waals surface area contributed by atoms with E-state index in [4.69, 9.17) is 9.47 Å². The third-order valence-electron chi connectivity index (χ3n) is 5.08. The second-order valence-electron chi connectivity index (χ2n) is 8.08. The van der Waals surface area contributed by atoms with Crippen LogP contribution in [0, 0.1) is 20.2 Å². The maximum atomic E-state index is 12.8. The Morgan fingerprint density at radius 2 is 1.69 bits per heavy atom. The Morgan fingerprint density at radius 3 is 2.33 bits per heavy atom.